The maximum absolute atomic E-state index is 13.8. The van der Waals surface area contributed by atoms with Crippen molar-refractivity contribution in [3.8, 4) is 0 Å². The Kier molecular flexibility index (Phi) is 4.63. The topological polar surface area (TPSA) is 55.5 Å². The van der Waals surface area contributed by atoms with Crippen LogP contribution in [0.2, 0.25) is 0 Å². The Balaban J connectivity index is 1.45. The van der Waals surface area contributed by atoms with Crippen molar-refractivity contribution in [3.63, 3.8) is 0 Å². The van der Waals surface area contributed by atoms with Gasteiger partial charge in [-0.05, 0) is 18.9 Å². The zero-order valence-corrected chi connectivity index (χ0v) is 15.0. The number of benzene rings is 1. The van der Waals surface area contributed by atoms with E-state index in [1.54, 1.807) is 6.07 Å². The molecule has 2 aliphatic rings. The molecule has 7 heteroatoms. The number of piperazine rings is 1. The summed E-state index contributed by atoms with van der Waals surface area (Å²) in [5.74, 6) is 1.30. The Morgan fingerprint density at radius 2 is 1.92 bits per heavy atom. The van der Waals surface area contributed by atoms with Crippen LogP contribution in [-0.2, 0) is 13.0 Å². The fourth-order valence-electron chi connectivity index (χ4n) is 3.75. The van der Waals surface area contributed by atoms with Gasteiger partial charge in [0.1, 0.15) is 11.6 Å². The molecule has 1 aromatic carbocycles. The minimum absolute atomic E-state index is 0.0228. The van der Waals surface area contributed by atoms with Gasteiger partial charge in [-0.1, -0.05) is 18.2 Å². The highest BCUT2D eigenvalue weighted by atomic mass is 19.1. The Bertz CT molecular complexity index is 844. The zero-order valence-electron chi connectivity index (χ0n) is 15.0. The number of nitrogens with one attached hydrogen (secondary N) is 1. The van der Waals surface area contributed by atoms with E-state index in [1.165, 1.54) is 6.07 Å². The van der Waals surface area contributed by atoms with E-state index in [4.69, 9.17) is 4.98 Å². The average Bonchev–Trinajstić information content (AvgIpc) is 2.65. The van der Waals surface area contributed by atoms with E-state index in [-0.39, 0.29) is 11.4 Å². The number of aromatic nitrogens is 2. The Labute approximate surface area is 152 Å². The molecule has 1 aromatic heterocycles. The number of nitrogens with zero attached hydrogens (tertiary/aromatic N) is 4. The molecule has 2 aliphatic heterocycles. The van der Waals surface area contributed by atoms with Crippen molar-refractivity contribution < 1.29 is 4.39 Å². The SMILES string of the molecule is CN1CCCc2c1nc(N1CCN(Cc3ccccc3F)CC1)[nH]c2=O. The number of aromatic amines is 1. The van der Waals surface area contributed by atoms with Crippen LogP contribution in [0, 0.1) is 5.82 Å². The molecule has 0 bridgehead atoms. The van der Waals surface area contributed by atoms with E-state index in [9.17, 15) is 9.18 Å². The first-order valence-corrected chi connectivity index (χ1v) is 9.17. The fourth-order valence-corrected chi connectivity index (χ4v) is 3.75. The third kappa shape index (κ3) is 3.31. The Morgan fingerprint density at radius 1 is 1.15 bits per heavy atom. The van der Waals surface area contributed by atoms with Crippen LogP contribution in [0.1, 0.15) is 17.5 Å². The molecule has 0 atom stereocenters. The van der Waals surface area contributed by atoms with Crippen molar-refractivity contribution in [1.82, 2.24) is 14.9 Å². The molecule has 6 nitrogen and oxygen atoms in total. The lowest BCUT2D eigenvalue weighted by molar-refractivity contribution is 0.245. The molecule has 0 radical (unpaired) electrons. The van der Waals surface area contributed by atoms with Gasteiger partial charge in [-0.25, -0.2) is 4.39 Å². The summed E-state index contributed by atoms with van der Waals surface area (Å²) >= 11 is 0. The van der Waals surface area contributed by atoms with Crippen LogP contribution >= 0.6 is 0 Å². The molecule has 0 unspecified atom stereocenters. The summed E-state index contributed by atoms with van der Waals surface area (Å²) in [6, 6.07) is 6.92. The lowest BCUT2D eigenvalue weighted by Gasteiger charge is -2.36. The summed E-state index contributed by atoms with van der Waals surface area (Å²) < 4.78 is 13.8. The third-order valence-corrected chi connectivity index (χ3v) is 5.29. The quantitative estimate of drug-likeness (QED) is 0.905. The molecule has 138 valence electrons. The second-order valence-corrected chi connectivity index (χ2v) is 7.07. The molecular formula is C19H24FN5O. The van der Waals surface area contributed by atoms with Gasteiger partial charge in [0.2, 0.25) is 5.95 Å². The molecule has 0 spiro atoms. The Hall–Kier alpha value is -2.41. The molecule has 0 aliphatic carbocycles. The van der Waals surface area contributed by atoms with Crippen molar-refractivity contribution in [1.29, 1.82) is 0 Å². The summed E-state index contributed by atoms with van der Waals surface area (Å²) in [6.07, 6.45) is 1.78. The minimum Gasteiger partial charge on any atom is -0.359 e. The summed E-state index contributed by atoms with van der Waals surface area (Å²) in [5, 5.41) is 0. The van der Waals surface area contributed by atoms with Crippen LogP contribution < -0.4 is 15.4 Å². The van der Waals surface area contributed by atoms with Crippen molar-refractivity contribution in [3.05, 3.63) is 51.6 Å². The fraction of sp³-hybridized carbons (Fsp3) is 0.474. The molecule has 2 aromatic rings. The van der Waals surface area contributed by atoms with Gasteiger partial charge in [-0.15, -0.1) is 0 Å². The van der Waals surface area contributed by atoms with E-state index in [2.05, 4.69) is 19.7 Å². The maximum Gasteiger partial charge on any atom is 0.257 e. The molecule has 1 saturated heterocycles. The van der Waals surface area contributed by atoms with Gasteiger partial charge in [0.25, 0.3) is 5.56 Å². The van der Waals surface area contributed by atoms with Gasteiger partial charge >= 0.3 is 0 Å². The molecule has 0 amide bonds. The van der Waals surface area contributed by atoms with E-state index < -0.39 is 0 Å². The highest BCUT2D eigenvalue weighted by molar-refractivity contribution is 5.51. The van der Waals surface area contributed by atoms with E-state index in [0.29, 0.717) is 12.5 Å². The molecule has 1 fully saturated rings. The van der Waals surface area contributed by atoms with E-state index in [0.717, 1.165) is 62.5 Å². The van der Waals surface area contributed by atoms with Gasteiger partial charge in [-0.2, -0.15) is 4.98 Å². The smallest absolute Gasteiger partial charge is 0.257 e. The van der Waals surface area contributed by atoms with Gasteiger partial charge in [-0.3, -0.25) is 14.7 Å². The number of fused-ring (bicyclic) bond motifs is 1. The first-order valence-electron chi connectivity index (χ1n) is 9.17. The van der Waals surface area contributed by atoms with Gasteiger partial charge < -0.3 is 9.80 Å². The lowest BCUT2D eigenvalue weighted by Crippen LogP contribution is -2.47. The standard InChI is InChI=1S/C19H24FN5O/c1-23-8-4-6-15-17(23)21-19(22-18(15)26)25-11-9-24(10-12-25)13-14-5-2-3-7-16(14)20/h2-3,5,7H,4,6,8-13H2,1H3,(H,21,22,26). The van der Waals surface area contributed by atoms with Gasteiger partial charge in [0.05, 0.1) is 5.56 Å². The second kappa shape index (κ2) is 7.07. The molecule has 4 rings (SSSR count). The monoisotopic (exact) mass is 357 g/mol. The molecule has 0 saturated carbocycles. The third-order valence-electron chi connectivity index (χ3n) is 5.29. The maximum atomic E-state index is 13.8. The number of H-pyrrole nitrogens is 1. The highest BCUT2D eigenvalue weighted by Crippen LogP contribution is 2.23. The van der Waals surface area contributed by atoms with Crippen molar-refractivity contribution in [2.24, 2.45) is 0 Å². The Morgan fingerprint density at radius 3 is 2.69 bits per heavy atom. The molecular weight excluding hydrogens is 333 g/mol. The first-order chi connectivity index (χ1) is 12.6. The normalized spacial score (nSPS) is 18.1. The number of hydrogen-bond acceptors (Lipinski definition) is 5. The van der Waals surface area contributed by atoms with Crippen molar-refractivity contribution >= 4 is 11.8 Å². The van der Waals surface area contributed by atoms with Crippen molar-refractivity contribution in [2.45, 2.75) is 19.4 Å². The van der Waals surface area contributed by atoms with Crippen LogP contribution in [0.5, 0.6) is 0 Å². The first kappa shape index (κ1) is 17.0. The number of anilines is 2. The van der Waals surface area contributed by atoms with E-state index in [1.807, 2.05) is 19.2 Å². The molecule has 26 heavy (non-hydrogen) atoms. The summed E-state index contributed by atoms with van der Waals surface area (Å²) in [4.78, 5) is 26.5. The van der Waals surface area contributed by atoms with Crippen molar-refractivity contribution in [2.75, 3.05) is 49.6 Å². The average molecular weight is 357 g/mol. The number of halogens is 1. The lowest BCUT2D eigenvalue weighted by atomic mass is 10.1. The number of hydrogen-bond donors (Lipinski definition) is 1. The van der Waals surface area contributed by atoms with Crippen LogP contribution in [0.15, 0.2) is 29.1 Å². The van der Waals surface area contributed by atoms with Crippen LogP contribution in [0.4, 0.5) is 16.2 Å². The molecule has 1 N–H and O–H groups in total. The number of rotatable bonds is 3. The zero-order chi connectivity index (χ0) is 18.1. The highest BCUT2D eigenvalue weighted by Gasteiger charge is 2.24. The minimum atomic E-state index is -0.154. The predicted octanol–water partition coefficient (Wildman–Crippen LogP) is 1.61. The predicted molar refractivity (Wildman–Crippen MR) is 100 cm³/mol. The largest absolute Gasteiger partial charge is 0.359 e. The van der Waals surface area contributed by atoms with Crippen LogP contribution in [0.3, 0.4) is 0 Å². The van der Waals surface area contributed by atoms with Crippen LogP contribution in [0.25, 0.3) is 0 Å². The second-order valence-electron chi connectivity index (χ2n) is 7.07. The van der Waals surface area contributed by atoms with Crippen LogP contribution in [-0.4, -0.2) is 54.6 Å². The summed E-state index contributed by atoms with van der Waals surface area (Å²) in [7, 11) is 1.99. The summed E-state index contributed by atoms with van der Waals surface area (Å²) in [5.41, 5.74) is 1.49. The van der Waals surface area contributed by atoms with Gasteiger partial charge in [0, 0.05) is 51.9 Å². The van der Waals surface area contributed by atoms with E-state index >= 15 is 0 Å². The summed E-state index contributed by atoms with van der Waals surface area (Å²) in [6.45, 7) is 4.69. The molecule has 3 heterocycles. The van der Waals surface area contributed by atoms with Gasteiger partial charge in [0.15, 0.2) is 0 Å².